The lowest BCUT2D eigenvalue weighted by Gasteiger charge is -2.05. The third-order valence-corrected chi connectivity index (χ3v) is 4.26. The second-order valence-corrected chi connectivity index (χ2v) is 5.79. The van der Waals surface area contributed by atoms with Crippen LogP contribution < -0.4 is 10.3 Å². The van der Waals surface area contributed by atoms with Crippen molar-refractivity contribution in [1.82, 2.24) is 19.7 Å². The highest BCUT2D eigenvalue weighted by atomic mass is 32.2. The van der Waals surface area contributed by atoms with E-state index in [2.05, 4.69) is 22.0 Å². The van der Waals surface area contributed by atoms with E-state index in [1.54, 1.807) is 18.0 Å². The number of benzene rings is 1. The molecule has 0 unspecified atom stereocenters. The Morgan fingerprint density at radius 2 is 2.09 bits per heavy atom. The molecule has 2 aromatic heterocycles. The van der Waals surface area contributed by atoms with Crippen molar-refractivity contribution in [1.29, 1.82) is 0 Å². The van der Waals surface area contributed by atoms with Crippen molar-refractivity contribution >= 4 is 22.8 Å². The summed E-state index contributed by atoms with van der Waals surface area (Å²) >= 11 is 1.54. The van der Waals surface area contributed by atoms with E-state index in [9.17, 15) is 4.79 Å². The molecule has 0 spiro atoms. The van der Waals surface area contributed by atoms with Crippen LogP contribution in [0.3, 0.4) is 0 Å². The van der Waals surface area contributed by atoms with Gasteiger partial charge in [0.25, 0.3) is 5.56 Å². The van der Waals surface area contributed by atoms with Crippen molar-refractivity contribution < 1.29 is 4.74 Å². The number of aromatic nitrogens is 4. The molecule has 7 heteroatoms. The van der Waals surface area contributed by atoms with Crippen LogP contribution in [0.15, 0.2) is 40.4 Å². The van der Waals surface area contributed by atoms with Crippen molar-refractivity contribution in [3.05, 3.63) is 40.8 Å². The summed E-state index contributed by atoms with van der Waals surface area (Å²) in [6.45, 7) is 2.09. The maximum absolute atomic E-state index is 12.1. The number of nitrogens with zero attached hydrogens (tertiary/aromatic N) is 3. The maximum atomic E-state index is 12.1. The van der Waals surface area contributed by atoms with Crippen LogP contribution in [0.25, 0.3) is 16.7 Å². The first-order valence-electron chi connectivity index (χ1n) is 6.98. The first-order chi connectivity index (χ1) is 10.7. The Labute approximate surface area is 131 Å². The van der Waals surface area contributed by atoms with Gasteiger partial charge in [-0.2, -0.15) is 5.10 Å². The maximum Gasteiger partial charge on any atom is 0.262 e. The molecule has 3 aromatic rings. The molecule has 0 aliphatic carbocycles. The zero-order chi connectivity index (χ0) is 15.5. The second-order valence-electron chi connectivity index (χ2n) is 4.71. The Hall–Kier alpha value is -2.28. The molecule has 0 fully saturated rings. The van der Waals surface area contributed by atoms with E-state index in [4.69, 9.17) is 4.74 Å². The quantitative estimate of drug-likeness (QED) is 0.578. The molecule has 0 amide bonds. The third-order valence-electron chi connectivity index (χ3n) is 3.18. The highest BCUT2D eigenvalue weighted by molar-refractivity contribution is 7.99. The summed E-state index contributed by atoms with van der Waals surface area (Å²) in [4.78, 5) is 19.4. The van der Waals surface area contributed by atoms with E-state index in [0.29, 0.717) is 16.2 Å². The molecule has 0 radical (unpaired) electrons. The summed E-state index contributed by atoms with van der Waals surface area (Å²) in [6.07, 6.45) is 2.56. The molecule has 0 saturated heterocycles. The fraction of sp³-hybridized carbons (Fsp3) is 0.267. The van der Waals surface area contributed by atoms with Crippen molar-refractivity contribution in [2.75, 3.05) is 12.9 Å². The van der Waals surface area contributed by atoms with E-state index in [1.165, 1.54) is 11.8 Å². The minimum atomic E-state index is -0.164. The molecule has 0 aliphatic rings. The average molecular weight is 316 g/mol. The van der Waals surface area contributed by atoms with E-state index in [1.807, 2.05) is 24.3 Å². The summed E-state index contributed by atoms with van der Waals surface area (Å²) < 4.78 is 6.82. The topological polar surface area (TPSA) is 72.8 Å². The van der Waals surface area contributed by atoms with E-state index < -0.39 is 0 Å². The zero-order valence-corrected chi connectivity index (χ0v) is 13.2. The summed E-state index contributed by atoms with van der Waals surface area (Å²) in [6, 6.07) is 7.46. The molecule has 3 rings (SSSR count). The number of nitrogens with one attached hydrogen (secondary N) is 1. The predicted octanol–water partition coefficient (Wildman–Crippen LogP) is 2.62. The Morgan fingerprint density at radius 1 is 1.32 bits per heavy atom. The number of aromatic amines is 1. The van der Waals surface area contributed by atoms with Gasteiger partial charge in [0.05, 0.1) is 19.0 Å². The van der Waals surface area contributed by atoms with Crippen LogP contribution in [0, 0.1) is 0 Å². The van der Waals surface area contributed by atoms with Crippen molar-refractivity contribution in [2.24, 2.45) is 0 Å². The normalized spacial score (nSPS) is 11.0. The highest BCUT2D eigenvalue weighted by Crippen LogP contribution is 2.20. The highest BCUT2D eigenvalue weighted by Gasteiger charge is 2.11. The van der Waals surface area contributed by atoms with Crippen molar-refractivity contribution in [3.8, 4) is 11.4 Å². The number of rotatable bonds is 5. The zero-order valence-electron chi connectivity index (χ0n) is 12.4. The van der Waals surface area contributed by atoms with Gasteiger partial charge in [0, 0.05) is 5.75 Å². The molecule has 114 valence electrons. The lowest BCUT2D eigenvalue weighted by atomic mass is 10.3. The molecule has 0 aliphatic heterocycles. The van der Waals surface area contributed by atoms with E-state index >= 15 is 0 Å². The van der Waals surface area contributed by atoms with Crippen LogP contribution in [-0.4, -0.2) is 32.6 Å². The van der Waals surface area contributed by atoms with Crippen LogP contribution in [0.4, 0.5) is 0 Å². The SMILES string of the molecule is CCCSc1nc2c(cnn2-c2ccc(OC)cc2)c(=O)[nH]1. The van der Waals surface area contributed by atoms with Gasteiger partial charge in [-0.25, -0.2) is 9.67 Å². The van der Waals surface area contributed by atoms with Gasteiger partial charge in [-0.15, -0.1) is 0 Å². The standard InChI is InChI=1S/C15H16N4O2S/c1-3-8-22-15-17-13-12(14(20)18-15)9-16-19(13)10-4-6-11(21-2)7-5-10/h4-7,9H,3,8H2,1-2H3,(H,17,18,20). The Balaban J connectivity index is 2.09. The average Bonchev–Trinajstić information content (AvgIpc) is 2.97. The molecule has 6 nitrogen and oxygen atoms in total. The Kier molecular flexibility index (Phi) is 4.15. The van der Waals surface area contributed by atoms with Gasteiger partial charge in [0.1, 0.15) is 11.1 Å². The summed E-state index contributed by atoms with van der Waals surface area (Å²) in [5, 5.41) is 5.39. The number of methoxy groups -OCH3 is 1. The molecule has 0 bridgehead atoms. The third kappa shape index (κ3) is 2.71. The fourth-order valence-electron chi connectivity index (χ4n) is 2.08. The monoisotopic (exact) mass is 316 g/mol. The molecular formula is C15H16N4O2S. The second kappa shape index (κ2) is 6.23. The Morgan fingerprint density at radius 3 is 2.77 bits per heavy atom. The summed E-state index contributed by atoms with van der Waals surface area (Å²) in [7, 11) is 1.62. The van der Waals surface area contributed by atoms with Gasteiger partial charge in [-0.1, -0.05) is 18.7 Å². The van der Waals surface area contributed by atoms with Crippen molar-refractivity contribution in [3.63, 3.8) is 0 Å². The van der Waals surface area contributed by atoms with Gasteiger partial charge in [0.15, 0.2) is 10.8 Å². The molecule has 2 heterocycles. The minimum absolute atomic E-state index is 0.164. The van der Waals surface area contributed by atoms with Gasteiger partial charge >= 0.3 is 0 Å². The Bertz CT molecular complexity index is 839. The van der Waals surface area contributed by atoms with Crippen molar-refractivity contribution in [2.45, 2.75) is 18.5 Å². The molecule has 0 saturated carbocycles. The number of hydrogen-bond donors (Lipinski definition) is 1. The van der Waals surface area contributed by atoms with Gasteiger partial charge in [-0.3, -0.25) is 4.79 Å². The molecule has 0 atom stereocenters. The summed E-state index contributed by atoms with van der Waals surface area (Å²) in [5.74, 6) is 1.68. The van der Waals surface area contributed by atoms with Crippen LogP contribution in [-0.2, 0) is 0 Å². The smallest absolute Gasteiger partial charge is 0.262 e. The molecular weight excluding hydrogens is 300 g/mol. The predicted molar refractivity (Wildman–Crippen MR) is 87.1 cm³/mol. The number of hydrogen-bond acceptors (Lipinski definition) is 5. The van der Waals surface area contributed by atoms with Gasteiger partial charge in [-0.05, 0) is 30.7 Å². The number of thioether (sulfide) groups is 1. The summed E-state index contributed by atoms with van der Waals surface area (Å²) in [5.41, 5.74) is 1.23. The van der Waals surface area contributed by atoms with Gasteiger partial charge in [0.2, 0.25) is 0 Å². The van der Waals surface area contributed by atoms with Gasteiger partial charge < -0.3 is 9.72 Å². The number of fused-ring (bicyclic) bond motifs is 1. The lowest BCUT2D eigenvalue weighted by Crippen LogP contribution is -2.09. The number of H-pyrrole nitrogens is 1. The molecule has 1 N–H and O–H groups in total. The first-order valence-corrected chi connectivity index (χ1v) is 7.96. The van der Waals surface area contributed by atoms with Crippen LogP contribution in [0.2, 0.25) is 0 Å². The van der Waals surface area contributed by atoms with Crippen LogP contribution in [0.1, 0.15) is 13.3 Å². The number of ether oxygens (including phenoxy) is 1. The largest absolute Gasteiger partial charge is 0.497 e. The molecule has 22 heavy (non-hydrogen) atoms. The minimum Gasteiger partial charge on any atom is -0.497 e. The van der Waals surface area contributed by atoms with E-state index in [0.717, 1.165) is 23.6 Å². The fourth-order valence-corrected chi connectivity index (χ4v) is 2.79. The molecule has 1 aromatic carbocycles. The van der Waals surface area contributed by atoms with E-state index in [-0.39, 0.29) is 5.56 Å². The van der Waals surface area contributed by atoms with Crippen LogP contribution in [0.5, 0.6) is 5.75 Å². The van der Waals surface area contributed by atoms with Crippen LogP contribution >= 0.6 is 11.8 Å². The lowest BCUT2D eigenvalue weighted by molar-refractivity contribution is 0.414. The first kappa shape index (κ1) is 14.6.